The molecule has 0 radical (unpaired) electrons. The van der Waals surface area contributed by atoms with E-state index in [9.17, 15) is 18.0 Å². The van der Waals surface area contributed by atoms with Gasteiger partial charge in [-0.05, 0) is 38.8 Å². The number of hydrogen-bond acceptors (Lipinski definition) is 3. The number of amides is 1. The van der Waals surface area contributed by atoms with Crippen LogP contribution in [0.1, 0.15) is 53.6 Å². The van der Waals surface area contributed by atoms with E-state index in [1.165, 1.54) is 0 Å². The molecule has 2 unspecified atom stereocenters. The maximum atomic E-state index is 13.9. The van der Waals surface area contributed by atoms with E-state index in [-0.39, 0.29) is 23.6 Å². The molecular formula is C22H24F3N5O. The van der Waals surface area contributed by atoms with Crippen molar-refractivity contribution in [1.29, 1.82) is 0 Å². The molecule has 0 spiro atoms. The molecule has 1 aromatic carbocycles. The second kappa shape index (κ2) is 7.55. The molecular weight excluding hydrogens is 407 g/mol. The van der Waals surface area contributed by atoms with Gasteiger partial charge in [-0.25, -0.2) is 13.2 Å². The van der Waals surface area contributed by atoms with Crippen molar-refractivity contribution in [3.8, 4) is 11.3 Å². The van der Waals surface area contributed by atoms with Crippen LogP contribution in [0, 0.1) is 24.4 Å². The zero-order valence-electron chi connectivity index (χ0n) is 18.1. The SMILES string of the molecule is CCC1Cc2c(nn(C)c2-c2cc(F)c(F)c(F)c2)C(C)N1C(=O)c1cnn(C)c1C. The average molecular weight is 431 g/mol. The highest BCUT2D eigenvalue weighted by molar-refractivity contribution is 5.95. The average Bonchev–Trinajstić information content (AvgIpc) is 3.24. The summed E-state index contributed by atoms with van der Waals surface area (Å²) in [6, 6.07) is 1.49. The number of nitrogens with zero attached hydrogens (tertiary/aromatic N) is 5. The van der Waals surface area contributed by atoms with E-state index in [0.717, 1.165) is 23.4 Å². The fourth-order valence-electron chi connectivity index (χ4n) is 4.49. The Morgan fingerprint density at radius 3 is 2.35 bits per heavy atom. The number of halogens is 3. The lowest BCUT2D eigenvalue weighted by atomic mass is 9.89. The Labute approximate surface area is 178 Å². The van der Waals surface area contributed by atoms with Crippen molar-refractivity contribution in [1.82, 2.24) is 24.5 Å². The van der Waals surface area contributed by atoms with Crippen LogP contribution >= 0.6 is 0 Å². The van der Waals surface area contributed by atoms with Crippen LogP contribution in [-0.2, 0) is 20.5 Å². The molecule has 164 valence electrons. The minimum atomic E-state index is -1.50. The molecule has 0 saturated heterocycles. The van der Waals surface area contributed by atoms with Gasteiger partial charge >= 0.3 is 0 Å². The molecule has 1 aliphatic heterocycles. The van der Waals surface area contributed by atoms with Gasteiger partial charge in [-0.15, -0.1) is 0 Å². The van der Waals surface area contributed by atoms with Gasteiger partial charge in [0, 0.05) is 37.0 Å². The van der Waals surface area contributed by atoms with E-state index in [1.807, 2.05) is 25.7 Å². The molecule has 4 rings (SSSR count). The quantitative estimate of drug-likeness (QED) is 0.587. The summed E-state index contributed by atoms with van der Waals surface area (Å²) in [7, 11) is 3.46. The van der Waals surface area contributed by atoms with Crippen molar-refractivity contribution in [3.63, 3.8) is 0 Å². The topological polar surface area (TPSA) is 56.0 Å². The number of fused-ring (bicyclic) bond motifs is 1. The first kappa shape index (κ1) is 21.1. The van der Waals surface area contributed by atoms with Crippen LogP contribution in [0.25, 0.3) is 11.3 Å². The largest absolute Gasteiger partial charge is 0.327 e. The van der Waals surface area contributed by atoms with Crippen LogP contribution in [0.5, 0.6) is 0 Å². The summed E-state index contributed by atoms with van der Waals surface area (Å²) < 4.78 is 44.5. The minimum absolute atomic E-state index is 0.123. The molecule has 9 heteroatoms. The van der Waals surface area contributed by atoms with E-state index in [4.69, 9.17) is 0 Å². The van der Waals surface area contributed by atoms with Gasteiger partial charge in [0.2, 0.25) is 0 Å². The molecule has 31 heavy (non-hydrogen) atoms. The van der Waals surface area contributed by atoms with Gasteiger partial charge in [-0.2, -0.15) is 10.2 Å². The number of hydrogen-bond donors (Lipinski definition) is 0. The first-order chi connectivity index (χ1) is 14.6. The Balaban J connectivity index is 1.81. The molecule has 3 aromatic rings. The van der Waals surface area contributed by atoms with Crippen LogP contribution in [0.3, 0.4) is 0 Å². The Hall–Kier alpha value is -3.10. The number of carbonyl (C=O) groups excluding carboxylic acids is 1. The van der Waals surface area contributed by atoms with Gasteiger partial charge < -0.3 is 4.90 Å². The number of aromatic nitrogens is 4. The van der Waals surface area contributed by atoms with Crippen molar-refractivity contribution in [3.05, 3.63) is 58.3 Å². The number of benzene rings is 1. The van der Waals surface area contributed by atoms with Crippen LogP contribution in [-0.4, -0.2) is 36.4 Å². The molecule has 1 aliphatic rings. The maximum Gasteiger partial charge on any atom is 0.258 e. The van der Waals surface area contributed by atoms with Crippen molar-refractivity contribution in [2.45, 2.75) is 45.7 Å². The minimum Gasteiger partial charge on any atom is -0.327 e. The summed E-state index contributed by atoms with van der Waals surface area (Å²) in [6.07, 6.45) is 2.74. The number of carbonyl (C=O) groups is 1. The van der Waals surface area contributed by atoms with Crippen molar-refractivity contribution in [2.24, 2.45) is 14.1 Å². The monoisotopic (exact) mass is 431 g/mol. The fraction of sp³-hybridized carbons (Fsp3) is 0.409. The van der Waals surface area contributed by atoms with Gasteiger partial charge in [0.15, 0.2) is 17.5 Å². The van der Waals surface area contributed by atoms with Gasteiger partial charge in [0.25, 0.3) is 5.91 Å². The third-order valence-corrected chi connectivity index (χ3v) is 6.25. The van der Waals surface area contributed by atoms with Gasteiger partial charge in [-0.1, -0.05) is 6.92 Å². The third kappa shape index (κ3) is 3.23. The predicted molar refractivity (Wildman–Crippen MR) is 109 cm³/mol. The lowest BCUT2D eigenvalue weighted by molar-refractivity contribution is 0.0544. The van der Waals surface area contributed by atoms with Gasteiger partial charge in [0.05, 0.1) is 29.2 Å². The highest BCUT2D eigenvalue weighted by Crippen LogP contribution is 2.40. The standard InChI is InChI=1S/C22H24F3N5O/c1-6-14-9-15-20(12(3)30(14)22(31)16-10-26-28(4)11(16)2)27-29(5)21(15)13-7-17(23)19(25)18(24)8-13/h7-8,10,12,14H,6,9H2,1-5H3. The zero-order valence-corrected chi connectivity index (χ0v) is 18.1. The smallest absolute Gasteiger partial charge is 0.258 e. The lowest BCUT2D eigenvalue weighted by Crippen LogP contribution is -2.46. The van der Waals surface area contributed by atoms with E-state index >= 15 is 0 Å². The molecule has 6 nitrogen and oxygen atoms in total. The van der Waals surface area contributed by atoms with E-state index < -0.39 is 17.5 Å². The summed E-state index contributed by atoms with van der Waals surface area (Å²) in [5, 5.41) is 8.76. The fourth-order valence-corrected chi connectivity index (χ4v) is 4.49. The molecule has 2 atom stereocenters. The van der Waals surface area contributed by atoms with Crippen LogP contribution < -0.4 is 0 Å². The van der Waals surface area contributed by atoms with Crippen LogP contribution in [0.2, 0.25) is 0 Å². The van der Waals surface area contributed by atoms with Gasteiger partial charge in [-0.3, -0.25) is 14.2 Å². The maximum absolute atomic E-state index is 13.9. The summed E-state index contributed by atoms with van der Waals surface area (Å²) in [6.45, 7) is 5.73. The number of rotatable bonds is 3. The second-order valence-corrected chi connectivity index (χ2v) is 8.01. The van der Waals surface area contributed by atoms with E-state index in [1.54, 1.807) is 29.7 Å². The van der Waals surface area contributed by atoms with Gasteiger partial charge in [0.1, 0.15) is 0 Å². The summed E-state index contributed by atoms with van der Waals surface area (Å²) in [4.78, 5) is 15.2. The molecule has 0 N–H and O–H groups in total. The number of aryl methyl sites for hydroxylation is 2. The highest BCUT2D eigenvalue weighted by atomic mass is 19.2. The molecule has 3 heterocycles. The summed E-state index contributed by atoms with van der Waals surface area (Å²) >= 11 is 0. The van der Waals surface area contributed by atoms with E-state index in [2.05, 4.69) is 10.2 Å². The van der Waals surface area contributed by atoms with E-state index in [0.29, 0.717) is 29.8 Å². The summed E-state index contributed by atoms with van der Waals surface area (Å²) in [5.74, 6) is -4.11. The second-order valence-electron chi connectivity index (χ2n) is 8.01. The van der Waals surface area contributed by atoms with Crippen molar-refractivity contribution < 1.29 is 18.0 Å². The van der Waals surface area contributed by atoms with Crippen molar-refractivity contribution in [2.75, 3.05) is 0 Å². The zero-order chi connectivity index (χ0) is 22.6. The molecule has 0 fully saturated rings. The molecule has 2 aromatic heterocycles. The Morgan fingerprint density at radius 2 is 1.81 bits per heavy atom. The predicted octanol–water partition coefficient (Wildman–Crippen LogP) is 4.08. The molecule has 0 bridgehead atoms. The highest BCUT2D eigenvalue weighted by Gasteiger charge is 2.39. The summed E-state index contributed by atoms with van der Waals surface area (Å²) in [5.41, 5.74) is 3.55. The molecule has 1 amide bonds. The van der Waals surface area contributed by atoms with Crippen molar-refractivity contribution >= 4 is 5.91 Å². The van der Waals surface area contributed by atoms with Crippen LogP contribution in [0.15, 0.2) is 18.3 Å². The first-order valence-electron chi connectivity index (χ1n) is 10.2. The molecule has 0 saturated carbocycles. The normalized spacial score (nSPS) is 18.4. The Kier molecular flexibility index (Phi) is 5.15. The third-order valence-electron chi connectivity index (χ3n) is 6.25. The Morgan fingerprint density at radius 1 is 1.16 bits per heavy atom. The van der Waals surface area contributed by atoms with Crippen LogP contribution in [0.4, 0.5) is 13.2 Å². The lowest BCUT2D eigenvalue weighted by Gasteiger charge is -2.40. The molecule has 0 aliphatic carbocycles. The first-order valence-corrected chi connectivity index (χ1v) is 10.2. The Bertz CT molecular complexity index is 1160.